The number of benzene rings is 1. The summed E-state index contributed by atoms with van der Waals surface area (Å²) in [6.45, 7) is 0. The molecule has 0 amide bonds. The molecule has 0 aliphatic carbocycles. The van der Waals surface area contributed by atoms with E-state index >= 15 is 0 Å². The van der Waals surface area contributed by atoms with Gasteiger partial charge < -0.3 is 9.84 Å². The molecule has 0 radical (unpaired) electrons. The molecule has 100 valence electrons. The quantitative estimate of drug-likeness (QED) is 0.856. The molecule has 2 rings (SSSR count). The summed E-state index contributed by atoms with van der Waals surface area (Å²) in [5.74, 6) is -0.589. The predicted molar refractivity (Wildman–Crippen MR) is 74.6 cm³/mol. The Hall–Kier alpha value is -1.59. The number of hydrogen-bond acceptors (Lipinski definition) is 4. The second-order valence-corrected chi connectivity index (χ2v) is 5.44. The topological polar surface area (TPSA) is 63.6 Å². The number of carbonyl (C=O) groups excluding carboxylic acids is 1. The van der Waals surface area contributed by atoms with Gasteiger partial charge in [-0.15, -0.1) is 11.3 Å². The van der Waals surface area contributed by atoms with Crippen LogP contribution in [0.4, 0.5) is 0 Å². The average molecular weight is 299 g/mol. The van der Waals surface area contributed by atoms with Crippen molar-refractivity contribution < 1.29 is 19.4 Å². The number of thiophene rings is 1. The van der Waals surface area contributed by atoms with Crippen LogP contribution >= 0.6 is 22.9 Å². The molecule has 0 saturated carbocycles. The predicted octanol–water partition coefficient (Wildman–Crippen LogP) is 3.61. The summed E-state index contributed by atoms with van der Waals surface area (Å²) in [4.78, 5) is 22.8. The van der Waals surface area contributed by atoms with Crippen LogP contribution in [0.3, 0.4) is 0 Å². The number of carbonyl (C=O) groups is 2. The Kier molecular flexibility index (Phi) is 4.07. The van der Waals surface area contributed by atoms with Crippen LogP contribution in [0.1, 0.15) is 22.5 Å². The highest BCUT2D eigenvalue weighted by atomic mass is 35.5. The van der Waals surface area contributed by atoms with Crippen LogP contribution in [0.2, 0.25) is 5.02 Å². The number of ether oxygens (including phenoxy) is 1. The summed E-state index contributed by atoms with van der Waals surface area (Å²) >= 11 is 7.32. The Morgan fingerprint density at radius 3 is 2.68 bits per heavy atom. The standard InChI is InChI=1S/C13H11ClO4S/c1-18-10-4-7-5-12(9(15)2-3-13(16)17)19-11(7)6-8(10)14/h4-6H,2-3H2,1H3,(H,16,17). The van der Waals surface area contributed by atoms with Crippen LogP contribution in [0.25, 0.3) is 10.1 Å². The van der Waals surface area contributed by atoms with Crippen LogP contribution in [0, 0.1) is 0 Å². The van der Waals surface area contributed by atoms with Crippen molar-refractivity contribution >= 4 is 44.8 Å². The van der Waals surface area contributed by atoms with Gasteiger partial charge in [-0.05, 0) is 23.6 Å². The molecule has 0 spiro atoms. The van der Waals surface area contributed by atoms with Gasteiger partial charge in [0.1, 0.15) is 5.75 Å². The van der Waals surface area contributed by atoms with Crippen LogP contribution in [-0.2, 0) is 4.79 Å². The summed E-state index contributed by atoms with van der Waals surface area (Å²) in [5, 5.41) is 9.92. The molecule has 1 N–H and O–H groups in total. The van der Waals surface area contributed by atoms with Crippen LogP contribution in [-0.4, -0.2) is 24.0 Å². The van der Waals surface area contributed by atoms with Gasteiger partial charge in [0.15, 0.2) is 5.78 Å². The van der Waals surface area contributed by atoms with E-state index in [0.29, 0.717) is 15.6 Å². The number of Topliss-reactive ketones (excluding diaryl/α,β-unsaturated/α-hetero) is 1. The van der Waals surface area contributed by atoms with Gasteiger partial charge in [-0.3, -0.25) is 9.59 Å². The summed E-state index contributed by atoms with van der Waals surface area (Å²) in [6, 6.07) is 5.25. The van der Waals surface area contributed by atoms with Crippen LogP contribution < -0.4 is 4.74 Å². The number of methoxy groups -OCH3 is 1. The minimum absolute atomic E-state index is 0.00697. The van der Waals surface area contributed by atoms with Gasteiger partial charge in [-0.25, -0.2) is 0 Å². The van der Waals surface area contributed by atoms with Crippen LogP contribution in [0.15, 0.2) is 18.2 Å². The zero-order valence-corrected chi connectivity index (χ0v) is 11.7. The number of hydrogen-bond donors (Lipinski definition) is 1. The Labute approximate surface area is 118 Å². The van der Waals surface area contributed by atoms with E-state index in [1.807, 2.05) is 0 Å². The summed E-state index contributed by atoms with van der Waals surface area (Å²) in [5.41, 5.74) is 0. The maximum atomic E-state index is 11.8. The number of halogens is 1. The van der Waals surface area contributed by atoms with Gasteiger partial charge >= 0.3 is 5.97 Å². The minimum Gasteiger partial charge on any atom is -0.495 e. The van der Waals surface area contributed by atoms with Gasteiger partial charge in [0, 0.05) is 11.1 Å². The Morgan fingerprint density at radius 1 is 1.32 bits per heavy atom. The third kappa shape index (κ3) is 3.05. The maximum Gasteiger partial charge on any atom is 0.303 e. The zero-order valence-electron chi connectivity index (χ0n) is 10.1. The molecule has 0 aliphatic rings. The molecule has 0 saturated heterocycles. The largest absolute Gasteiger partial charge is 0.495 e. The summed E-state index contributed by atoms with van der Waals surface area (Å²) in [6.07, 6.45) is -0.149. The van der Waals surface area contributed by atoms with Crippen molar-refractivity contribution in [3.63, 3.8) is 0 Å². The number of rotatable bonds is 5. The monoisotopic (exact) mass is 298 g/mol. The number of ketones is 1. The molecule has 0 atom stereocenters. The van der Waals surface area contributed by atoms with E-state index in [2.05, 4.69) is 0 Å². The van der Waals surface area contributed by atoms with E-state index in [4.69, 9.17) is 21.4 Å². The lowest BCUT2D eigenvalue weighted by molar-refractivity contribution is -0.136. The highest BCUT2D eigenvalue weighted by Crippen LogP contribution is 2.35. The number of carboxylic acid groups (broad SMARTS) is 1. The SMILES string of the molecule is COc1cc2cc(C(=O)CCC(=O)O)sc2cc1Cl. The first-order chi connectivity index (χ1) is 9.01. The van der Waals surface area contributed by atoms with E-state index in [0.717, 1.165) is 10.1 Å². The molecule has 0 aliphatic heterocycles. The van der Waals surface area contributed by atoms with E-state index < -0.39 is 5.97 Å². The fourth-order valence-electron chi connectivity index (χ4n) is 1.68. The third-order valence-corrected chi connectivity index (χ3v) is 4.07. The molecular weight excluding hydrogens is 288 g/mol. The van der Waals surface area contributed by atoms with E-state index in [1.54, 1.807) is 18.2 Å². The van der Waals surface area contributed by atoms with E-state index in [9.17, 15) is 9.59 Å². The third-order valence-electron chi connectivity index (χ3n) is 2.63. The van der Waals surface area contributed by atoms with Gasteiger partial charge in [-0.1, -0.05) is 11.6 Å². The van der Waals surface area contributed by atoms with Gasteiger partial charge in [0.25, 0.3) is 0 Å². The lowest BCUT2D eigenvalue weighted by atomic mass is 10.1. The van der Waals surface area contributed by atoms with Crippen molar-refractivity contribution in [1.82, 2.24) is 0 Å². The van der Waals surface area contributed by atoms with Crippen molar-refractivity contribution in [3.8, 4) is 5.75 Å². The highest BCUT2D eigenvalue weighted by Gasteiger charge is 2.13. The van der Waals surface area contributed by atoms with E-state index in [1.165, 1.54) is 18.4 Å². The molecule has 4 nitrogen and oxygen atoms in total. The Balaban J connectivity index is 2.31. The fourth-order valence-corrected chi connectivity index (χ4v) is 3.04. The smallest absolute Gasteiger partial charge is 0.303 e. The molecule has 19 heavy (non-hydrogen) atoms. The second kappa shape index (κ2) is 5.59. The van der Waals surface area contributed by atoms with Crippen molar-refractivity contribution in [2.45, 2.75) is 12.8 Å². The van der Waals surface area contributed by atoms with Crippen LogP contribution in [0.5, 0.6) is 5.75 Å². The molecule has 1 heterocycles. The fraction of sp³-hybridized carbons (Fsp3) is 0.231. The average Bonchev–Trinajstić information content (AvgIpc) is 2.77. The lowest BCUT2D eigenvalue weighted by Gasteiger charge is -2.01. The first-order valence-corrected chi connectivity index (χ1v) is 6.73. The number of fused-ring (bicyclic) bond motifs is 1. The first-order valence-electron chi connectivity index (χ1n) is 5.53. The maximum absolute atomic E-state index is 11.8. The van der Waals surface area contributed by atoms with Crippen molar-refractivity contribution in [3.05, 3.63) is 28.1 Å². The lowest BCUT2D eigenvalue weighted by Crippen LogP contribution is -2.01. The molecule has 2 aromatic rings. The van der Waals surface area contributed by atoms with Crippen molar-refractivity contribution in [2.24, 2.45) is 0 Å². The van der Waals surface area contributed by atoms with Crippen molar-refractivity contribution in [1.29, 1.82) is 0 Å². The normalized spacial score (nSPS) is 10.6. The van der Waals surface area contributed by atoms with E-state index in [-0.39, 0.29) is 18.6 Å². The number of carboxylic acids is 1. The molecule has 0 fully saturated rings. The summed E-state index contributed by atoms with van der Waals surface area (Å²) < 4.78 is 5.99. The first kappa shape index (κ1) is 13.8. The molecule has 0 bridgehead atoms. The number of aliphatic carboxylic acids is 1. The molecule has 1 aromatic carbocycles. The molecule has 6 heteroatoms. The van der Waals surface area contributed by atoms with Gasteiger partial charge in [0.2, 0.25) is 0 Å². The van der Waals surface area contributed by atoms with Gasteiger partial charge in [-0.2, -0.15) is 0 Å². The molecule has 0 unspecified atom stereocenters. The molecular formula is C13H11ClO4S. The second-order valence-electron chi connectivity index (χ2n) is 3.95. The molecule has 1 aromatic heterocycles. The summed E-state index contributed by atoms with van der Waals surface area (Å²) in [7, 11) is 1.53. The minimum atomic E-state index is -0.973. The zero-order chi connectivity index (χ0) is 14.0. The van der Waals surface area contributed by atoms with Crippen molar-refractivity contribution in [2.75, 3.05) is 7.11 Å². The Morgan fingerprint density at radius 2 is 2.05 bits per heavy atom. The highest BCUT2D eigenvalue weighted by molar-refractivity contribution is 7.20. The Bertz CT molecular complexity index is 647. The van der Waals surface area contributed by atoms with Gasteiger partial charge in [0.05, 0.1) is 23.4 Å².